The van der Waals surface area contributed by atoms with Crippen LogP contribution in [0.4, 0.5) is 5.69 Å². The molecule has 0 fully saturated rings. The van der Waals surface area contributed by atoms with Crippen LogP contribution in [0.5, 0.6) is 0 Å². The molecule has 0 aromatic heterocycles. The van der Waals surface area contributed by atoms with Crippen molar-refractivity contribution < 1.29 is 0 Å². The van der Waals surface area contributed by atoms with Crippen molar-refractivity contribution in [2.45, 2.75) is 25.2 Å². The molecule has 0 heterocycles. The summed E-state index contributed by atoms with van der Waals surface area (Å²) in [5.74, 6) is 1.17. The van der Waals surface area contributed by atoms with Crippen LogP contribution in [-0.4, -0.2) is 5.75 Å². The van der Waals surface area contributed by atoms with Gasteiger partial charge in [0.25, 0.3) is 0 Å². The molecule has 0 aliphatic rings. The summed E-state index contributed by atoms with van der Waals surface area (Å²) in [7, 11) is 0. The van der Waals surface area contributed by atoms with Gasteiger partial charge in [0.15, 0.2) is 0 Å². The Labute approximate surface area is 78.4 Å². The van der Waals surface area contributed by atoms with Gasteiger partial charge >= 0.3 is 0 Å². The molecule has 2 N–H and O–H groups in total. The molecule has 0 amide bonds. The van der Waals surface area contributed by atoms with Crippen molar-refractivity contribution >= 4 is 17.4 Å². The number of anilines is 1. The highest BCUT2D eigenvalue weighted by molar-refractivity contribution is 7.99. The number of hydrogen-bond acceptors (Lipinski definition) is 2. The Bertz CT molecular complexity index is 258. The molecule has 66 valence electrons. The average Bonchev–Trinajstić information content (AvgIpc) is 2.07. The van der Waals surface area contributed by atoms with E-state index < -0.39 is 0 Å². The smallest absolute Gasteiger partial charge is 0.0354 e. The minimum absolute atomic E-state index is 0.899. The van der Waals surface area contributed by atoms with Gasteiger partial charge in [0.05, 0.1) is 0 Å². The summed E-state index contributed by atoms with van der Waals surface area (Å²) in [5.41, 5.74) is 7.84. The SMILES string of the molecule is CCCSc1ccc(C)c(N)c1. The highest BCUT2D eigenvalue weighted by Crippen LogP contribution is 2.22. The molecule has 0 aliphatic heterocycles. The topological polar surface area (TPSA) is 26.0 Å². The Morgan fingerprint density at radius 2 is 2.17 bits per heavy atom. The lowest BCUT2D eigenvalue weighted by Crippen LogP contribution is -1.89. The quantitative estimate of drug-likeness (QED) is 0.573. The fourth-order valence-electron chi connectivity index (χ4n) is 0.928. The van der Waals surface area contributed by atoms with E-state index in [-0.39, 0.29) is 0 Å². The van der Waals surface area contributed by atoms with E-state index in [0.29, 0.717) is 0 Å². The van der Waals surface area contributed by atoms with Crippen LogP contribution in [0.15, 0.2) is 23.1 Å². The van der Waals surface area contributed by atoms with Crippen molar-refractivity contribution in [2.24, 2.45) is 0 Å². The number of nitrogens with two attached hydrogens (primary N) is 1. The number of thioether (sulfide) groups is 1. The minimum atomic E-state index is 0.899. The zero-order valence-electron chi connectivity index (χ0n) is 7.63. The summed E-state index contributed by atoms with van der Waals surface area (Å²) >= 11 is 1.86. The van der Waals surface area contributed by atoms with Crippen LogP contribution in [0.3, 0.4) is 0 Å². The van der Waals surface area contributed by atoms with E-state index in [2.05, 4.69) is 25.1 Å². The van der Waals surface area contributed by atoms with Gasteiger partial charge in [0.1, 0.15) is 0 Å². The maximum atomic E-state index is 5.78. The number of nitrogen functional groups attached to an aromatic ring is 1. The molecule has 0 atom stereocenters. The largest absolute Gasteiger partial charge is 0.398 e. The first-order chi connectivity index (χ1) is 5.74. The third kappa shape index (κ3) is 2.45. The van der Waals surface area contributed by atoms with Gasteiger partial charge in [-0.15, -0.1) is 11.8 Å². The molecule has 0 bridgehead atoms. The average molecular weight is 181 g/mol. The van der Waals surface area contributed by atoms with Gasteiger partial charge in [-0.25, -0.2) is 0 Å². The van der Waals surface area contributed by atoms with Crippen molar-refractivity contribution in [1.29, 1.82) is 0 Å². The molecule has 1 nitrogen and oxygen atoms in total. The number of rotatable bonds is 3. The Balaban J connectivity index is 2.69. The molecular weight excluding hydrogens is 166 g/mol. The van der Waals surface area contributed by atoms with E-state index >= 15 is 0 Å². The van der Waals surface area contributed by atoms with Crippen molar-refractivity contribution in [3.63, 3.8) is 0 Å². The van der Waals surface area contributed by atoms with Crippen molar-refractivity contribution in [1.82, 2.24) is 0 Å². The summed E-state index contributed by atoms with van der Waals surface area (Å²) in [6, 6.07) is 6.26. The van der Waals surface area contributed by atoms with Gasteiger partial charge in [0.2, 0.25) is 0 Å². The Hall–Kier alpha value is -0.630. The lowest BCUT2D eigenvalue weighted by molar-refractivity contribution is 1.10. The second-order valence-corrected chi connectivity index (χ2v) is 4.04. The standard InChI is InChI=1S/C10H15NS/c1-3-6-12-9-5-4-8(2)10(11)7-9/h4-5,7H,3,6,11H2,1-2H3. The van der Waals surface area contributed by atoms with Gasteiger partial charge < -0.3 is 5.73 Å². The van der Waals surface area contributed by atoms with E-state index in [1.807, 2.05) is 18.7 Å². The Kier molecular flexibility index (Phi) is 3.48. The fourth-order valence-corrected chi connectivity index (χ4v) is 1.74. The molecule has 1 rings (SSSR count). The summed E-state index contributed by atoms with van der Waals surface area (Å²) in [4.78, 5) is 1.28. The molecule has 2 heteroatoms. The maximum absolute atomic E-state index is 5.78. The summed E-state index contributed by atoms with van der Waals surface area (Å²) in [6.45, 7) is 4.22. The van der Waals surface area contributed by atoms with Crippen LogP contribution in [-0.2, 0) is 0 Å². The van der Waals surface area contributed by atoms with E-state index in [1.165, 1.54) is 17.1 Å². The molecule has 1 aromatic carbocycles. The molecule has 1 aromatic rings. The first-order valence-corrected chi connectivity index (χ1v) is 5.21. The number of benzene rings is 1. The first-order valence-electron chi connectivity index (χ1n) is 4.23. The number of hydrogen-bond donors (Lipinski definition) is 1. The monoisotopic (exact) mass is 181 g/mol. The molecule has 0 saturated carbocycles. The van der Waals surface area contributed by atoms with Crippen LogP contribution in [0.25, 0.3) is 0 Å². The Morgan fingerprint density at radius 1 is 1.42 bits per heavy atom. The zero-order valence-corrected chi connectivity index (χ0v) is 8.45. The summed E-state index contributed by atoms with van der Waals surface area (Å²) in [6.07, 6.45) is 1.21. The summed E-state index contributed by atoms with van der Waals surface area (Å²) < 4.78 is 0. The lowest BCUT2D eigenvalue weighted by atomic mass is 10.2. The fraction of sp³-hybridized carbons (Fsp3) is 0.400. The van der Waals surface area contributed by atoms with Crippen LogP contribution in [0, 0.1) is 6.92 Å². The lowest BCUT2D eigenvalue weighted by Gasteiger charge is -2.03. The molecular formula is C10H15NS. The molecule has 12 heavy (non-hydrogen) atoms. The predicted molar refractivity (Wildman–Crippen MR) is 56.6 cm³/mol. The van der Waals surface area contributed by atoms with Crippen molar-refractivity contribution in [3.8, 4) is 0 Å². The molecule has 0 radical (unpaired) electrons. The van der Waals surface area contributed by atoms with Crippen molar-refractivity contribution in [2.75, 3.05) is 11.5 Å². The van der Waals surface area contributed by atoms with Gasteiger partial charge in [-0.3, -0.25) is 0 Å². The third-order valence-electron chi connectivity index (χ3n) is 1.72. The van der Waals surface area contributed by atoms with Gasteiger partial charge in [-0.2, -0.15) is 0 Å². The van der Waals surface area contributed by atoms with Crippen LogP contribution >= 0.6 is 11.8 Å². The first kappa shape index (κ1) is 9.46. The van der Waals surface area contributed by atoms with Crippen LogP contribution in [0.1, 0.15) is 18.9 Å². The third-order valence-corrected chi connectivity index (χ3v) is 2.92. The Morgan fingerprint density at radius 3 is 2.75 bits per heavy atom. The van der Waals surface area contributed by atoms with E-state index in [9.17, 15) is 0 Å². The maximum Gasteiger partial charge on any atom is 0.0354 e. The normalized spacial score (nSPS) is 10.2. The second kappa shape index (κ2) is 4.41. The second-order valence-electron chi connectivity index (χ2n) is 2.87. The van der Waals surface area contributed by atoms with Crippen molar-refractivity contribution in [3.05, 3.63) is 23.8 Å². The minimum Gasteiger partial charge on any atom is -0.398 e. The highest BCUT2D eigenvalue weighted by atomic mass is 32.2. The predicted octanol–water partition coefficient (Wildman–Crippen LogP) is 3.08. The van der Waals surface area contributed by atoms with Crippen LogP contribution in [0.2, 0.25) is 0 Å². The van der Waals surface area contributed by atoms with E-state index in [4.69, 9.17) is 5.73 Å². The molecule has 0 saturated heterocycles. The van der Waals surface area contributed by atoms with Gasteiger partial charge in [0, 0.05) is 10.6 Å². The van der Waals surface area contributed by atoms with Crippen LogP contribution < -0.4 is 5.73 Å². The van der Waals surface area contributed by atoms with Gasteiger partial charge in [-0.05, 0) is 36.8 Å². The van der Waals surface area contributed by atoms with E-state index in [1.54, 1.807) is 0 Å². The van der Waals surface area contributed by atoms with Gasteiger partial charge in [-0.1, -0.05) is 13.0 Å². The number of aryl methyl sites for hydroxylation is 1. The summed E-state index contributed by atoms with van der Waals surface area (Å²) in [5, 5.41) is 0. The highest BCUT2D eigenvalue weighted by Gasteiger charge is 1.96. The zero-order chi connectivity index (χ0) is 8.97. The van der Waals surface area contributed by atoms with E-state index in [0.717, 1.165) is 11.3 Å². The molecule has 0 spiro atoms. The molecule has 0 aliphatic carbocycles. The molecule has 0 unspecified atom stereocenters.